The van der Waals surface area contributed by atoms with Crippen molar-refractivity contribution in [2.75, 3.05) is 45.6 Å². The van der Waals surface area contributed by atoms with E-state index < -0.39 is 0 Å². The predicted octanol–water partition coefficient (Wildman–Crippen LogP) is 2.60. The lowest BCUT2D eigenvalue weighted by Gasteiger charge is -2.34. The summed E-state index contributed by atoms with van der Waals surface area (Å²) in [5.74, 6) is 0.505. The minimum absolute atomic E-state index is 0.166. The van der Waals surface area contributed by atoms with Crippen molar-refractivity contribution in [1.82, 2.24) is 19.6 Å². The first-order valence-corrected chi connectivity index (χ1v) is 11.4. The molecule has 1 aliphatic heterocycles. The number of fused-ring (bicyclic) bond motifs is 1. The van der Waals surface area contributed by atoms with Gasteiger partial charge in [-0.3, -0.25) is 14.5 Å². The molecule has 9 heteroatoms. The van der Waals surface area contributed by atoms with E-state index in [1.54, 1.807) is 36.8 Å². The van der Waals surface area contributed by atoms with Crippen molar-refractivity contribution in [3.8, 4) is 11.4 Å². The average molecular weight is 442 g/mol. The number of aromatic nitrogens is 2. The van der Waals surface area contributed by atoms with E-state index in [0.29, 0.717) is 40.3 Å². The first kappa shape index (κ1) is 21.3. The number of anilines is 1. The molecule has 2 aromatic heterocycles. The number of thiophene rings is 1. The second-order valence-electron chi connectivity index (χ2n) is 7.64. The highest BCUT2D eigenvalue weighted by molar-refractivity contribution is 7.15. The summed E-state index contributed by atoms with van der Waals surface area (Å²) in [6, 6.07) is 6.98. The van der Waals surface area contributed by atoms with E-state index in [0.717, 1.165) is 32.5 Å². The third-order valence-corrected chi connectivity index (χ3v) is 6.50. The van der Waals surface area contributed by atoms with Gasteiger partial charge in [0.15, 0.2) is 5.69 Å². The Morgan fingerprint density at radius 2 is 1.90 bits per heavy atom. The lowest BCUT2D eigenvalue weighted by Crippen LogP contribution is -2.49. The minimum Gasteiger partial charge on any atom is -0.497 e. The summed E-state index contributed by atoms with van der Waals surface area (Å²) in [6.45, 7) is 6.23. The first-order valence-electron chi connectivity index (χ1n) is 10.5. The van der Waals surface area contributed by atoms with Crippen LogP contribution in [0.2, 0.25) is 0 Å². The number of nitrogens with zero attached hydrogens (tertiary/aromatic N) is 4. The van der Waals surface area contributed by atoms with Crippen LogP contribution in [0.4, 0.5) is 5.00 Å². The summed E-state index contributed by atoms with van der Waals surface area (Å²) in [7, 11) is 1.58. The van der Waals surface area contributed by atoms with Crippen LogP contribution in [0, 0.1) is 0 Å². The molecule has 3 aromatic rings. The molecule has 0 atom stereocenters. The maximum absolute atomic E-state index is 13.4. The molecule has 2 N–H and O–H groups in total. The maximum atomic E-state index is 13.4. The molecule has 0 saturated carbocycles. The Morgan fingerprint density at radius 3 is 2.55 bits per heavy atom. The number of benzene rings is 1. The van der Waals surface area contributed by atoms with Gasteiger partial charge in [-0.2, -0.15) is 9.78 Å². The molecule has 1 aliphatic rings. The van der Waals surface area contributed by atoms with Crippen LogP contribution in [0.25, 0.3) is 16.5 Å². The molecule has 1 saturated heterocycles. The Bertz CT molecular complexity index is 1130. The zero-order valence-corrected chi connectivity index (χ0v) is 18.7. The third-order valence-electron chi connectivity index (χ3n) is 5.69. The Kier molecular flexibility index (Phi) is 6.24. The van der Waals surface area contributed by atoms with Gasteiger partial charge in [-0.05, 0) is 37.2 Å². The van der Waals surface area contributed by atoms with Crippen molar-refractivity contribution >= 4 is 33.0 Å². The van der Waals surface area contributed by atoms with Gasteiger partial charge in [-0.15, -0.1) is 11.3 Å². The number of methoxy groups -OCH3 is 1. The van der Waals surface area contributed by atoms with Crippen LogP contribution < -0.4 is 16.0 Å². The molecule has 0 unspecified atom stereocenters. The summed E-state index contributed by atoms with van der Waals surface area (Å²) in [5.41, 5.74) is 6.59. The summed E-state index contributed by atoms with van der Waals surface area (Å²) in [5, 5.41) is 7.51. The van der Waals surface area contributed by atoms with Crippen LogP contribution in [0.1, 0.15) is 30.3 Å². The standard InChI is InChI=1S/C22H27N5O3S/c1-3-4-9-25-10-12-26(13-11-25)22(29)19-17-14-31-20(23)18(17)21(28)27(24-19)15-5-7-16(30-2)8-6-15/h5-8,14H,3-4,9-13,23H2,1-2H3. The summed E-state index contributed by atoms with van der Waals surface area (Å²) < 4.78 is 6.46. The fraction of sp³-hybridized carbons (Fsp3) is 0.409. The Balaban J connectivity index is 1.70. The average Bonchev–Trinajstić information content (AvgIpc) is 3.20. The lowest BCUT2D eigenvalue weighted by atomic mass is 10.2. The highest BCUT2D eigenvalue weighted by atomic mass is 32.1. The topological polar surface area (TPSA) is 93.7 Å². The summed E-state index contributed by atoms with van der Waals surface area (Å²) in [4.78, 5) is 30.7. The maximum Gasteiger partial charge on any atom is 0.282 e. The molecular weight excluding hydrogens is 414 g/mol. The number of carbonyl (C=O) groups excluding carboxylic acids is 1. The second-order valence-corrected chi connectivity index (χ2v) is 8.55. The van der Waals surface area contributed by atoms with Crippen LogP contribution in [0.15, 0.2) is 34.4 Å². The molecule has 1 aromatic carbocycles. The molecule has 31 heavy (non-hydrogen) atoms. The summed E-state index contributed by atoms with van der Waals surface area (Å²) in [6.07, 6.45) is 2.32. The molecule has 8 nitrogen and oxygen atoms in total. The normalized spacial score (nSPS) is 14.8. The molecular formula is C22H27N5O3S. The molecule has 0 aliphatic carbocycles. The van der Waals surface area contributed by atoms with Gasteiger partial charge < -0.3 is 15.4 Å². The van der Waals surface area contributed by atoms with Crippen LogP contribution in [-0.2, 0) is 0 Å². The van der Waals surface area contributed by atoms with Gasteiger partial charge in [0.1, 0.15) is 5.75 Å². The van der Waals surface area contributed by atoms with Gasteiger partial charge in [0, 0.05) is 36.9 Å². The SMILES string of the molecule is CCCCN1CCN(C(=O)c2nn(-c3ccc(OC)cc3)c(=O)c3c(N)scc23)CC1. The molecule has 1 fully saturated rings. The van der Waals surface area contributed by atoms with Gasteiger partial charge in [0.05, 0.1) is 23.2 Å². The number of hydrogen-bond acceptors (Lipinski definition) is 7. The van der Waals surface area contributed by atoms with Crippen LogP contribution in [-0.4, -0.2) is 65.3 Å². The number of carbonyl (C=O) groups is 1. The van der Waals surface area contributed by atoms with Gasteiger partial charge >= 0.3 is 0 Å². The number of unbranched alkanes of at least 4 members (excludes halogenated alkanes) is 1. The monoisotopic (exact) mass is 441 g/mol. The summed E-state index contributed by atoms with van der Waals surface area (Å²) >= 11 is 1.25. The predicted molar refractivity (Wildman–Crippen MR) is 123 cm³/mol. The number of hydrogen-bond donors (Lipinski definition) is 1. The number of amides is 1. The first-order chi connectivity index (χ1) is 15.0. The Labute approximate surface area is 184 Å². The highest BCUT2D eigenvalue weighted by Crippen LogP contribution is 2.28. The zero-order valence-electron chi connectivity index (χ0n) is 17.8. The van der Waals surface area contributed by atoms with Crippen LogP contribution >= 0.6 is 11.3 Å². The number of nitrogen functional groups attached to an aromatic ring is 1. The van der Waals surface area contributed by atoms with Gasteiger partial charge in [-0.1, -0.05) is 13.3 Å². The second kappa shape index (κ2) is 9.07. The van der Waals surface area contributed by atoms with E-state index in [1.165, 1.54) is 16.0 Å². The van der Waals surface area contributed by atoms with E-state index in [4.69, 9.17) is 10.5 Å². The largest absolute Gasteiger partial charge is 0.497 e. The van der Waals surface area contributed by atoms with E-state index >= 15 is 0 Å². The van der Waals surface area contributed by atoms with E-state index in [1.807, 2.05) is 4.90 Å². The van der Waals surface area contributed by atoms with E-state index in [-0.39, 0.29) is 17.2 Å². The van der Waals surface area contributed by atoms with Crippen LogP contribution in [0.3, 0.4) is 0 Å². The fourth-order valence-corrected chi connectivity index (χ4v) is 4.62. The quantitative estimate of drug-likeness (QED) is 0.632. The Hall–Kier alpha value is -2.91. The van der Waals surface area contributed by atoms with Gasteiger partial charge in [0.25, 0.3) is 11.5 Å². The lowest BCUT2D eigenvalue weighted by molar-refractivity contribution is 0.0630. The van der Waals surface area contributed by atoms with Crippen molar-refractivity contribution in [3.05, 3.63) is 45.7 Å². The van der Waals surface area contributed by atoms with Crippen molar-refractivity contribution in [3.63, 3.8) is 0 Å². The van der Waals surface area contributed by atoms with Crippen LogP contribution in [0.5, 0.6) is 5.75 Å². The molecule has 0 bridgehead atoms. The van der Waals surface area contributed by atoms with Crippen molar-refractivity contribution in [1.29, 1.82) is 0 Å². The molecule has 3 heterocycles. The zero-order chi connectivity index (χ0) is 22.0. The fourth-order valence-electron chi connectivity index (χ4n) is 3.84. The number of rotatable bonds is 6. The van der Waals surface area contributed by atoms with Gasteiger partial charge in [0.2, 0.25) is 0 Å². The Morgan fingerprint density at radius 1 is 1.19 bits per heavy atom. The molecule has 0 radical (unpaired) electrons. The van der Waals surface area contributed by atoms with Crippen molar-refractivity contribution < 1.29 is 9.53 Å². The molecule has 4 rings (SSSR count). The molecule has 1 amide bonds. The highest BCUT2D eigenvalue weighted by Gasteiger charge is 2.27. The molecule has 164 valence electrons. The minimum atomic E-state index is -0.333. The third kappa shape index (κ3) is 4.15. The number of ether oxygens (including phenoxy) is 1. The number of piperazine rings is 1. The molecule has 0 spiro atoms. The van der Waals surface area contributed by atoms with Crippen molar-refractivity contribution in [2.45, 2.75) is 19.8 Å². The van der Waals surface area contributed by atoms with E-state index in [9.17, 15) is 9.59 Å². The van der Waals surface area contributed by atoms with Crippen molar-refractivity contribution in [2.24, 2.45) is 0 Å². The van der Waals surface area contributed by atoms with E-state index in [2.05, 4.69) is 16.9 Å². The smallest absolute Gasteiger partial charge is 0.282 e. The van der Waals surface area contributed by atoms with Gasteiger partial charge in [-0.25, -0.2) is 0 Å². The number of nitrogens with two attached hydrogens (primary N) is 1.